The van der Waals surface area contributed by atoms with Gasteiger partial charge in [-0.05, 0) is 44.5 Å². The van der Waals surface area contributed by atoms with Crippen molar-refractivity contribution in [2.75, 3.05) is 19.1 Å². The molecule has 0 unspecified atom stereocenters. The molecule has 0 atom stereocenters. The third-order valence-corrected chi connectivity index (χ3v) is 9.15. The van der Waals surface area contributed by atoms with Crippen molar-refractivity contribution >= 4 is 69.7 Å². The number of halogens is 1. The van der Waals surface area contributed by atoms with Crippen LogP contribution >= 0.6 is 35.7 Å². The molecule has 0 bridgehead atoms. The maximum atomic E-state index is 14.0. The average molecular weight is 544 g/mol. The summed E-state index contributed by atoms with van der Waals surface area (Å²) in [6.45, 7) is 5.52. The highest BCUT2D eigenvalue weighted by Crippen LogP contribution is 2.56. The number of carbonyl (C=O) groups excluding carboxylic acids is 3. The van der Waals surface area contributed by atoms with E-state index in [0.29, 0.717) is 25.9 Å². The molecule has 0 aromatic heterocycles. The molecule has 0 fully saturated rings. The number of thiocarbonyl (C=S) groups is 1. The molecule has 0 radical (unpaired) electrons. The van der Waals surface area contributed by atoms with Crippen LogP contribution in [0.2, 0.25) is 0 Å². The number of nitrogens with zero attached hydrogens (tertiary/aromatic N) is 1. The minimum absolute atomic E-state index is 0.116. The van der Waals surface area contributed by atoms with E-state index in [1.54, 1.807) is 11.0 Å². The van der Waals surface area contributed by atoms with Gasteiger partial charge < -0.3 is 9.47 Å². The molecular formula is C26H22FNO5S3. The van der Waals surface area contributed by atoms with E-state index < -0.39 is 29.2 Å². The van der Waals surface area contributed by atoms with Crippen LogP contribution in [0.1, 0.15) is 35.3 Å². The standard InChI is InChI=1S/C26H22FNO5S3/c1-13-8-6-11-16-17(25-35-19(23(30)32-4)20(36-25)24(31)33-5)21(34)26(2,3)28(18(13)16)22(29)14-9-7-10-15(27)12-14/h6-12H,1-5H3. The molecule has 0 saturated heterocycles. The molecule has 36 heavy (non-hydrogen) atoms. The van der Waals surface area contributed by atoms with E-state index in [4.69, 9.17) is 21.7 Å². The number of hydrogen-bond acceptors (Lipinski definition) is 8. The quantitative estimate of drug-likeness (QED) is 0.279. The SMILES string of the molecule is COC(=O)C1=C(C(=O)OC)SC(=C2C(=S)C(C)(C)N(C(=O)c3cccc(F)c3)c3c(C)cccc32)S1. The maximum absolute atomic E-state index is 14.0. The number of rotatable bonds is 3. The van der Waals surface area contributed by atoms with Crippen LogP contribution in [-0.2, 0) is 19.1 Å². The third-order valence-electron chi connectivity index (χ3n) is 5.89. The third kappa shape index (κ3) is 4.27. The molecule has 2 aromatic rings. The first kappa shape index (κ1) is 26.1. The second-order valence-electron chi connectivity index (χ2n) is 8.52. The predicted octanol–water partition coefficient (Wildman–Crippen LogP) is 5.65. The highest BCUT2D eigenvalue weighted by Gasteiger charge is 2.46. The molecule has 0 spiro atoms. The maximum Gasteiger partial charge on any atom is 0.346 e. The summed E-state index contributed by atoms with van der Waals surface area (Å²) in [5.41, 5.74) is 1.96. The van der Waals surface area contributed by atoms with Crippen molar-refractivity contribution in [3.8, 4) is 0 Å². The first-order chi connectivity index (χ1) is 17.0. The highest BCUT2D eigenvalue weighted by molar-refractivity contribution is 8.29. The van der Waals surface area contributed by atoms with Crippen LogP contribution in [0.3, 0.4) is 0 Å². The molecular weight excluding hydrogens is 521 g/mol. The molecule has 0 aliphatic carbocycles. The number of hydrogen-bond donors (Lipinski definition) is 0. The van der Waals surface area contributed by atoms with Crippen molar-refractivity contribution in [3.05, 3.63) is 79.0 Å². The van der Waals surface area contributed by atoms with Gasteiger partial charge in [0.25, 0.3) is 5.91 Å². The highest BCUT2D eigenvalue weighted by atomic mass is 32.2. The van der Waals surface area contributed by atoms with E-state index in [0.717, 1.165) is 29.1 Å². The number of methoxy groups -OCH3 is 2. The summed E-state index contributed by atoms with van der Waals surface area (Å²) in [5, 5.41) is 0. The van der Waals surface area contributed by atoms with Crippen molar-refractivity contribution in [2.24, 2.45) is 0 Å². The zero-order valence-electron chi connectivity index (χ0n) is 20.1. The largest absolute Gasteiger partial charge is 0.465 e. The fourth-order valence-corrected chi connectivity index (χ4v) is 7.16. The van der Waals surface area contributed by atoms with Gasteiger partial charge in [-0.25, -0.2) is 14.0 Å². The van der Waals surface area contributed by atoms with Gasteiger partial charge in [0.05, 0.1) is 34.5 Å². The van der Waals surface area contributed by atoms with Gasteiger partial charge in [0.1, 0.15) is 15.6 Å². The van der Waals surface area contributed by atoms with Crippen LogP contribution in [0, 0.1) is 12.7 Å². The molecule has 1 amide bonds. The second-order valence-corrected chi connectivity index (χ2v) is 11.2. The van der Waals surface area contributed by atoms with E-state index in [1.165, 1.54) is 32.4 Å². The second kappa shape index (κ2) is 9.84. The summed E-state index contributed by atoms with van der Waals surface area (Å²) in [7, 11) is 2.48. The summed E-state index contributed by atoms with van der Waals surface area (Å²) in [6.07, 6.45) is 0. The number of carbonyl (C=O) groups is 3. The zero-order valence-corrected chi connectivity index (χ0v) is 22.6. The van der Waals surface area contributed by atoms with Crippen LogP contribution < -0.4 is 4.90 Å². The molecule has 2 aliphatic rings. The van der Waals surface area contributed by atoms with E-state index in [9.17, 15) is 18.8 Å². The van der Waals surface area contributed by atoms with Crippen molar-refractivity contribution in [1.29, 1.82) is 0 Å². The first-order valence-electron chi connectivity index (χ1n) is 10.8. The number of fused-ring (bicyclic) bond motifs is 1. The van der Waals surface area contributed by atoms with Crippen molar-refractivity contribution in [3.63, 3.8) is 0 Å². The predicted molar refractivity (Wildman–Crippen MR) is 144 cm³/mol. The number of esters is 2. The minimum Gasteiger partial charge on any atom is -0.465 e. The molecule has 4 rings (SSSR count). The van der Waals surface area contributed by atoms with Crippen molar-refractivity contribution < 1.29 is 28.2 Å². The lowest BCUT2D eigenvalue weighted by molar-refractivity contribution is -0.138. The molecule has 10 heteroatoms. The van der Waals surface area contributed by atoms with Gasteiger partial charge in [0, 0.05) is 16.7 Å². The Labute approximate surface area is 221 Å². The molecule has 0 saturated carbocycles. The van der Waals surface area contributed by atoms with Gasteiger partial charge in [-0.1, -0.05) is 60.0 Å². The topological polar surface area (TPSA) is 72.9 Å². The van der Waals surface area contributed by atoms with Crippen LogP contribution in [0.5, 0.6) is 0 Å². The Morgan fingerprint density at radius 1 is 0.972 bits per heavy atom. The lowest BCUT2D eigenvalue weighted by atomic mass is 9.81. The molecule has 2 heterocycles. The minimum atomic E-state index is -0.999. The Bertz CT molecular complexity index is 1370. The molecule has 6 nitrogen and oxygen atoms in total. The summed E-state index contributed by atoms with van der Waals surface area (Å²) in [6, 6.07) is 11.1. The van der Waals surface area contributed by atoms with Gasteiger partial charge in [0.15, 0.2) is 0 Å². The lowest BCUT2D eigenvalue weighted by Gasteiger charge is -2.46. The number of amides is 1. The van der Waals surface area contributed by atoms with E-state index in [1.807, 2.05) is 39.0 Å². The Morgan fingerprint density at radius 2 is 1.56 bits per heavy atom. The monoisotopic (exact) mass is 543 g/mol. The average Bonchev–Trinajstić information content (AvgIpc) is 3.29. The van der Waals surface area contributed by atoms with Gasteiger partial charge in [-0.3, -0.25) is 9.69 Å². The number of aryl methyl sites for hydroxylation is 1. The van der Waals surface area contributed by atoms with Crippen LogP contribution in [0.15, 0.2) is 56.5 Å². The Balaban J connectivity index is 1.93. The number of ether oxygens (including phenoxy) is 2. The zero-order chi connectivity index (χ0) is 26.4. The van der Waals surface area contributed by atoms with Gasteiger partial charge >= 0.3 is 11.9 Å². The summed E-state index contributed by atoms with van der Waals surface area (Å²) in [5.74, 6) is -2.22. The van der Waals surface area contributed by atoms with Crippen LogP contribution in [-0.4, -0.2) is 42.5 Å². The van der Waals surface area contributed by atoms with Gasteiger partial charge in [-0.2, -0.15) is 0 Å². The number of anilines is 1. The van der Waals surface area contributed by atoms with Crippen molar-refractivity contribution in [1.82, 2.24) is 0 Å². The molecule has 0 N–H and O–H groups in total. The summed E-state index contributed by atoms with van der Waals surface area (Å²) in [4.78, 5) is 40.9. The van der Waals surface area contributed by atoms with Crippen molar-refractivity contribution in [2.45, 2.75) is 26.3 Å². The smallest absolute Gasteiger partial charge is 0.346 e. The van der Waals surface area contributed by atoms with Gasteiger partial charge in [0.2, 0.25) is 0 Å². The van der Waals surface area contributed by atoms with E-state index in [-0.39, 0.29) is 15.4 Å². The molecule has 2 aliphatic heterocycles. The first-order valence-corrected chi connectivity index (χ1v) is 12.8. The van der Waals surface area contributed by atoms with E-state index in [2.05, 4.69) is 0 Å². The Hall–Kier alpha value is -2.95. The Kier molecular flexibility index (Phi) is 7.14. The lowest BCUT2D eigenvalue weighted by Crippen LogP contribution is -2.56. The number of benzene rings is 2. The van der Waals surface area contributed by atoms with Crippen LogP contribution in [0.4, 0.5) is 10.1 Å². The summed E-state index contributed by atoms with van der Waals surface area (Å²) >= 11 is 8.13. The number of para-hydroxylation sites is 1. The van der Waals surface area contributed by atoms with Gasteiger partial charge in [-0.15, -0.1) is 0 Å². The fourth-order valence-electron chi connectivity index (χ4n) is 4.13. The summed E-state index contributed by atoms with van der Waals surface area (Å²) < 4.78 is 24.3. The Morgan fingerprint density at radius 3 is 2.11 bits per heavy atom. The molecule has 2 aromatic carbocycles. The number of thioether (sulfide) groups is 2. The van der Waals surface area contributed by atoms with E-state index >= 15 is 0 Å². The van der Waals surface area contributed by atoms with Crippen LogP contribution in [0.25, 0.3) is 5.57 Å². The fraction of sp³-hybridized carbons (Fsp3) is 0.231. The normalized spacial score (nSPS) is 16.7. The molecule has 186 valence electrons.